The van der Waals surface area contributed by atoms with E-state index in [1.54, 1.807) is 23.1 Å². The summed E-state index contributed by atoms with van der Waals surface area (Å²) in [5, 5.41) is 14.7. The first-order valence-electron chi connectivity index (χ1n) is 8.75. The Labute approximate surface area is 167 Å². The largest absolute Gasteiger partial charge is 0.305 e. The lowest BCUT2D eigenvalue weighted by atomic mass is 10.00. The van der Waals surface area contributed by atoms with Gasteiger partial charge in [-0.3, -0.25) is 4.90 Å². The van der Waals surface area contributed by atoms with Gasteiger partial charge in [0.05, 0.1) is 0 Å². The van der Waals surface area contributed by atoms with Crippen LogP contribution in [0, 0.1) is 0 Å². The van der Waals surface area contributed by atoms with Gasteiger partial charge in [-0.2, -0.15) is 11.3 Å². The van der Waals surface area contributed by atoms with Crippen molar-refractivity contribution in [2.45, 2.75) is 24.5 Å². The zero-order valence-electron chi connectivity index (χ0n) is 14.7. The molecule has 0 N–H and O–H groups in total. The molecule has 4 nitrogen and oxygen atoms in total. The summed E-state index contributed by atoms with van der Waals surface area (Å²) >= 11 is 9.57. The van der Waals surface area contributed by atoms with Gasteiger partial charge in [-0.1, -0.05) is 29.4 Å². The summed E-state index contributed by atoms with van der Waals surface area (Å²) in [6.07, 6.45) is 2.24. The Morgan fingerprint density at radius 2 is 2.15 bits per heavy atom. The first-order chi connectivity index (χ1) is 12.7. The molecule has 0 saturated carbocycles. The standard InChI is InChI=1S/C19H21ClN4S2/c1-23-18(16-6-10-25-13-16)21-22-19(23)26-9-2-7-24-8-5-14-11-17(20)4-3-15(14)12-24/h3-4,6,10-11,13H,2,5,7-9,12H2,1H3. The lowest BCUT2D eigenvalue weighted by molar-refractivity contribution is 0.255. The van der Waals surface area contributed by atoms with Gasteiger partial charge in [0.1, 0.15) is 0 Å². The van der Waals surface area contributed by atoms with Crippen molar-refractivity contribution >= 4 is 34.7 Å². The topological polar surface area (TPSA) is 34.0 Å². The maximum absolute atomic E-state index is 6.09. The maximum atomic E-state index is 6.09. The van der Waals surface area contributed by atoms with E-state index in [9.17, 15) is 0 Å². The van der Waals surface area contributed by atoms with E-state index in [1.165, 1.54) is 11.1 Å². The average molecular weight is 405 g/mol. The molecule has 0 bridgehead atoms. The SMILES string of the molecule is Cn1c(SCCCN2CCc3cc(Cl)ccc3C2)nnc1-c1ccsc1. The van der Waals surface area contributed by atoms with E-state index in [0.717, 1.165) is 59.8 Å². The second kappa shape index (κ2) is 8.13. The van der Waals surface area contributed by atoms with Crippen molar-refractivity contribution in [3.8, 4) is 11.4 Å². The number of hydrogen-bond donors (Lipinski definition) is 0. The Kier molecular flexibility index (Phi) is 5.64. The molecule has 0 aliphatic carbocycles. The second-order valence-electron chi connectivity index (χ2n) is 6.52. The van der Waals surface area contributed by atoms with Crippen LogP contribution in [-0.4, -0.2) is 38.5 Å². The highest BCUT2D eigenvalue weighted by Gasteiger charge is 2.16. The Bertz CT molecular complexity index is 876. The zero-order chi connectivity index (χ0) is 17.9. The number of thiophene rings is 1. The minimum Gasteiger partial charge on any atom is -0.305 e. The monoisotopic (exact) mass is 404 g/mol. The first kappa shape index (κ1) is 18.0. The van der Waals surface area contributed by atoms with Crippen LogP contribution in [0.3, 0.4) is 0 Å². The number of nitrogens with zero attached hydrogens (tertiary/aromatic N) is 4. The Morgan fingerprint density at radius 3 is 3.00 bits per heavy atom. The lowest BCUT2D eigenvalue weighted by Crippen LogP contribution is -2.31. The molecule has 26 heavy (non-hydrogen) atoms. The van der Waals surface area contributed by atoms with Gasteiger partial charge in [0.2, 0.25) is 0 Å². The van der Waals surface area contributed by atoms with Crippen molar-refractivity contribution in [1.29, 1.82) is 0 Å². The van der Waals surface area contributed by atoms with E-state index in [0.29, 0.717) is 0 Å². The van der Waals surface area contributed by atoms with Gasteiger partial charge < -0.3 is 4.57 Å². The van der Waals surface area contributed by atoms with Crippen molar-refractivity contribution in [3.63, 3.8) is 0 Å². The predicted octanol–water partition coefficient (Wildman–Crippen LogP) is 4.74. The van der Waals surface area contributed by atoms with E-state index in [1.807, 2.05) is 13.1 Å². The molecule has 0 amide bonds. The van der Waals surface area contributed by atoms with Gasteiger partial charge in [-0.25, -0.2) is 0 Å². The van der Waals surface area contributed by atoms with E-state index < -0.39 is 0 Å². The highest BCUT2D eigenvalue weighted by Crippen LogP contribution is 2.25. The predicted molar refractivity (Wildman–Crippen MR) is 110 cm³/mol. The molecule has 0 saturated heterocycles. The molecule has 0 spiro atoms. The molecule has 3 aromatic rings. The third-order valence-corrected chi connectivity index (χ3v) is 6.75. The summed E-state index contributed by atoms with van der Waals surface area (Å²) in [6.45, 7) is 3.26. The van der Waals surface area contributed by atoms with Crippen molar-refractivity contribution in [2.24, 2.45) is 7.05 Å². The van der Waals surface area contributed by atoms with Crippen molar-refractivity contribution in [3.05, 3.63) is 51.2 Å². The van der Waals surface area contributed by atoms with Gasteiger partial charge in [-0.05, 0) is 54.1 Å². The summed E-state index contributed by atoms with van der Waals surface area (Å²) in [7, 11) is 2.04. The summed E-state index contributed by atoms with van der Waals surface area (Å²) < 4.78 is 2.09. The van der Waals surface area contributed by atoms with Gasteiger partial charge >= 0.3 is 0 Å². The van der Waals surface area contributed by atoms with Crippen molar-refractivity contribution < 1.29 is 0 Å². The van der Waals surface area contributed by atoms with E-state index >= 15 is 0 Å². The van der Waals surface area contributed by atoms with Gasteiger partial charge in [-0.15, -0.1) is 10.2 Å². The minimum atomic E-state index is 0.846. The van der Waals surface area contributed by atoms with E-state index in [4.69, 9.17) is 11.6 Å². The van der Waals surface area contributed by atoms with Crippen LogP contribution in [-0.2, 0) is 20.0 Å². The molecule has 0 fully saturated rings. The Balaban J connectivity index is 1.27. The van der Waals surface area contributed by atoms with E-state index in [-0.39, 0.29) is 0 Å². The summed E-state index contributed by atoms with van der Waals surface area (Å²) in [5.74, 6) is 2.00. The molecule has 7 heteroatoms. The number of aromatic nitrogens is 3. The van der Waals surface area contributed by atoms with Crippen molar-refractivity contribution in [2.75, 3.05) is 18.8 Å². The zero-order valence-corrected chi connectivity index (χ0v) is 17.1. The first-order valence-corrected chi connectivity index (χ1v) is 11.1. The highest BCUT2D eigenvalue weighted by atomic mass is 35.5. The van der Waals surface area contributed by atoms with Gasteiger partial charge in [0.15, 0.2) is 11.0 Å². The third kappa shape index (κ3) is 3.98. The summed E-state index contributed by atoms with van der Waals surface area (Å²) in [5.41, 5.74) is 3.97. The van der Waals surface area contributed by atoms with Crippen LogP contribution in [0.25, 0.3) is 11.4 Å². The molecular weight excluding hydrogens is 384 g/mol. The fourth-order valence-electron chi connectivity index (χ4n) is 3.31. The molecular formula is C19H21ClN4S2. The molecule has 1 aromatic carbocycles. The van der Waals surface area contributed by atoms with Crippen LogP contribution in [0.4, 0.5) is 0 Å². The highest BCUT2D eigenvalue weighted by molar-refractivity contribution is 7.99. The number of fused-ring (bicyclic) bond motifs is 1. The second-order valence-corrected chi connectivity index (χ2v) is 8.80. The molecule has 4 rings (SSSR count). The fraction of sp³-hybridized carbons (Fsp3) is 0.368. The molecule has 0 unspecified atom stereocenters. The molecule has 136 valence electrons. The number of thioether (sulfide) groups is 1. The normalized spacial score (nSPS) is 14.5. The molecule has 0 atom stereocenters. The number of hydrogen-bond acceptors (Lipinski definition) is 5. The smallest absolute Gasteiger partial charge is 0.191 e. The third-order valence-electron chi connectivity index (χ3n) is 4.72. The average Bonchev–Trinajstić information content (AvgIpc) is 3.29. The van der Waals surface area contributed by atoms with Crippen LogP contribution >= 0.6 is 34.7 Å². The Morgan fingerprint density at radius 1 is 1.23 bits per heavy atom. The lowest BCUT2D eigenvalue weighted by Gasteiger charge is -2.28. The van der Waals surface area contributed by atoms with Gasteiger partial charge in [0.25, 0.3) is 0 Å². The van der Waals surface area contributed by atoms with Crippen LogP contribution in [0.15, 0.2) is 40.2 Å². The summed E-state index contributed by atoms with van der Waals surface area (Å²) in [4.78, 5) is 2.53. The maximum Gasteiger partial charge on any atom is 0.191 e. The minimum absolute atomic E-state index is 0.846. The molecule has 2 aromatic heterocycles. The molecule has 0 radical (unpaired) electrons. The molecule has 3 heterocycles. The molecule has 1 aliphatic heterocycles. The number of halogens is 1. The van der Waals surface area contributed by atoms with Crippen LogP contribution in [0.5, 0.6) is 0 Å². The van der Waals surface area contributed by atoms with Crippen molar-refractivity contribution in [1.82, 2.24) is 19.7 Å². The Hall–Kier alpha value is -1.34. The number of benzene rings is 1. The van der Waals surface area contributed by atoms with E-state index in [2.05, 4.69) is 48.6 Å². The van der Waals surface area contributed by atoms with Crippen LogP contribution in [0.2, 0.25) is 5.02 Å². The number of rotatable bonds is 6. The van der Waals surface area contributed by atoms with Crippen LogP contribution < -0.4 is 0 Å². The summed E-state index contributed by atoms with van der Waals surface area (Å²) in [6, 6.07) is 8.37. The fourth-order valence-corrected chi connectivity index (χ4v) is 4.97. The quantitative estimate of drug-likeness (QED) is 0.439. The van der Waals surface area contributed by atoms with Crippen LogP contribution in [0.1, 0.15) is 17.5 Å². The molecule has 1 aliphatic rings. The van der Waals surface area contributed by atoms with Gasteiger partial charge in [0, 0.05) is 41.9 Å².